The van der Waals surface area contributed by atoms with Crippen LogP contribution in [0, 0.1) is 5.41 Å². The number of benzene rings is 2. The van der Waals surface area contributed by atoms with Crippen molar-refractivity contribution < 1.29 is 14.3 Å². The van der Waals surface area contributed by atoms with Gasteiger partial charge in [0.05, 0.1) is 6.61 Å². The van der Waals surface area contributed by atoms with Crippen LogP contribution in [0.15, 0.2) is 48.5 Å². The highest BCUT2D eigenvalue weighted by molar-refractivity contribution is 6.00. The molecule has 188 valence electrons. The van der Waals surface area contributed by atoms with Gasteiger partial charge >= 0.3 is 0 Å². The number of aromatic nitrogens is 1. The molecule has 0 aliphatic carbocycles. The summed E-state index contributed by atoms with van der Waals surface area (Å²) in [6.45, 7) is 14.2. The van der Waals surface area contributed by atoms with Crippen LogP contribution in [0.1, 0.15) is 69.6 Å². The Morgan fingerprint density at radius 2 is 1.63 bits per heavy atom. The largest absolute Gasteiger partial charge is 0.383 e. The number of carbonyl (C=O) groups excluding carboxylic acids is 2. The standard InChI is InChI=1S/C29H39N3O3/c1-28(2,3)18-26(33)31-23-12-13-24-21(16-23)17-25(27(34)30-14-15-35-7)32(24)19-20-8-10-22(11-9-20)29(4,5)6/h8-13,16-17H,14-15,18-19H2,1-7H3,(H,30,34)(H,31,33). The minimum atomic E-state index is -0.150. The first kappa shape index (κ1) is 26.5. The third-order valence-electron chi connectivity index (χ3n) is 5.86. The van der Waals surface area contributed by atoms with E-state index in [-0.39, 0.29) is 22.6 Å². The zero-order valence-electron chi connectivity index (χ0n) is 22.1. The summed E-state index contributed by atoms with van der Waals surface area (Å²) in [5, 5.41) is 6.83. The van der Waals surface area contributed by atoms with Gasteiger partial charge in [-0.2, -0.15) is 0 Å². The molecule has 2 N–H and O–H groups in total. The number of ether oxygens (including phenoxy) is 1. The Bertz CT molecular complexity index is 1180. The third-order valence-corrected chi connectivity index (χ3v) is 5.86. The molecule has 6 heteroatoms. The lowest BCUT2D eigenvalue weighted by molar-refractivity contribution is -0.117. The van der Waals surface area contributed by atoms with Crippen molar-refractivity contribution in [2.75, 3.05) is 25.6 Å². The fourth-order valence-corrected chi connectivity index (χ4v) is 4.04. The molecular weight excluding hydrogens is 438 g/mol. The fourth-order valence-electron chi connectivity index (χ4n) is 4.04. The molecule has 3 aromatic rings. The van der Waals surface area contributed by atoms with Crippen LogP contribution < -0.4 is 10.6 Å². The molecule has 2 aromatic carbocycles. The molecule has 0 radical (unpaired) electrons. The van der Waals surface area contributed by atoms with E-state index in [1.165, 1.54) is 5.56 Å². The Balaban J connectivity index is 1.94. The summed E-state index contributed by atoms with van der Waals surface area (Å²) in [5.74, 6) is -0.171. The zero-order chi connectivity index (χ0) is 25.8. The first-order valence-corrected chi connectivity index (χ1v) is 12.2. The molecule has 0 fully saturated rings. The number of carbonyl (C=O) groups is 2. The van der Waals surface area contributed by atoms with Gasteiger partial charge in [0.25, 0.3) is 5.91 Å². The van der Waals surface area contributed by atoms with Crippen LogP contribution in [0.2, 0.25) is 0 Å². The van der Waals surface area contributed by atoms with E-state index in [0.717, 1.165) is 22.2 Å². The van der Waals surface area contributed by atoms with Crippen molar-refractivity contribution in [3.63, 3.8) is 0 Å². The van der Waals surface area contributed by atoms with E-state index in [2.05, 4.69) is 55.7 Å². The first-order chi connectivity index (χ1) is 16.4. The number of hydrogen-bond acceptors (Lipinski definition) is 3. The van der Waals surface area contributed by atoms with Gasteiger partial charge in [-0.3, -0.25) is 9.59 Å². The smallest absolute Gasteiger partial charge is 0.268 e. The van der Waals surface area contributed by atoms with E-state index in [9.17, 15) is 9.59 Å². The molecular formula is C29H39N3O3. The summed E-state index contributed by atoms with van der Waals surface area (Å²) < 4.78 is 7.11. The topological polar surface area (TPSA) is 72.4 Å². The van der Waals surface area contributed by atoms with Gasteiger partial charge in [0.15, 0.2) is 0 Å². The second kappa shape index (κ2) is 10.6. The lowest BCUT2D eigenvalue weighted by Crippen LogP contribution is -2.29. The molecule has 0 unspecified atom stereocenters. The van der Waals surface area contributed by atoms with E-state index < -0.39 is 0 Å². The summed E-state index contributed by atoms with van der Waals surface area (Å²) in [5.41, 5.74) is 4.62. The predicted molar refractivity (Wildman–Crippen MR) is 143 cm³/mol. The summed E-state index contributed by atoms with van der Waals surface area (Å²) in [6, 6.07) is 16.2. The van der Waals surface area contributed by atoms with Crippen molar-refractivity contribution >= 4 is 28.4 Å². The molecule has 0 spiro atoms. The summed E-state index contributed by atoms with van der Waals surface area (Å²) in [4.78, 5) is 25.5. The second-order valence-corrected chi connectivity index (χ2v) is 11.4. The molecule has 0 saturated carbocycles. The average Bonchev–Trinajstić information content (AvgIpc) is 3.10. The normalized spacial score (nSPS) is 12.1. The Kier molecular flexibility index (Phi) is 8.06. The molecule has 0 atom stereocenters. The van der Waals surface area contributed by atoms with E-state index in [1.54, 1.807) is 7.11 Å². The average molecular weight is 478 g/mol. The van der Waals surface area contributed by atoms with Gasteiger partial charge < -0.3 is 19.9 Å². The highest BCUT2D eigenvalue weighted by Gasteiger charge is 2.19. The summed E-state index contributed by atoms with van der Waals surface area (Å²) in [7, 11) is 1.61. The van der Waals surface area contributed by atoms with Gasteiger partial charge in [-0.1, -0.05) is 65.8 Å². The van der Waals surface area contributed by atoms with Gasteiger partial charge in [0.2, 0.25) is 5.91 Å². The lowest BCUT2D eigenvalue weighted by atomic mass is 9.87. The minimum absolute atomic E-state index is 0.0206. The molecule has 35 heavy (non-hydrogen) atoms. The van der Waals surface area contributed by atoms with Crippen LogP contribution in [0.25, 0.3) is 10.9 Å². The SMILES string of the molecule is COCCNC(=O)c1cc2cc(NC(=O)CC(C)(C)C)ccc2n1Cc1ccc(C(C)(C)C)cc1. The van der Waals surface area contributed by atoms with Crippen molar-refractivity contribution in [1.82, 2.24) is 9.88 Å². The summed E-state index contributed by atoms with van der Waals surface area (Å²) >= 11 is 0. The maximum absolute atomic E-state index is 13.0. The number of nitrogens with one attached hydrogen (secondary N) is 2. The zero-order valence-corrected chi connectivity index (χ0v) is 22.1. The van der Waals surface area contributed by atoms with Crippen LogP contribution in [0.5, 0.6) is 0 Å². The van der Waals surface area contributed by atoms with Crippen LogP contribution in [-0.4, -0.2) is 36.6 Å². The van der Waals surface area contributed by atoms with Gasteiger partial charge in [0, 0.05) is 43.2 Å². The predicted octanol–water partition coefficient (Wildman–Crippen LogP) is 5.74. The minimum Gasteiger partial charge on any atom is -0.383 e. The molecule has 3 rings (SSSR count). The van der Waals surface area contributed by atoms with Crippen LogP contribution in [0.4, 0.5) is 5.69 Å². The van der Waals surface area contributed by atoms with E-state index >= 15 is 0 Å². The van der Waals surface area contributed by atoms with Crippen molar-refractivity contribution in [2.45, 2.75) is 59.9 Å². The molecule has 2 amide bonds. The van der Waals surface area contributed by atoms with Crippen molar-refractivity contribution in [3.8, 4) is 0 Å². The van der Waals surface area contributed by atoms with E-state index in [0.29, 0.717) is 31.8 Å². The number of fused-ring (bicyclic) bond motifs is 1. The molecule has 0 saturated heterocycles. The molecule has 0 aliphatic heterocycles. The Morgan fingerprint density at radius 3 is 2.23 bits per heavy atom. The highest BCUT2D eigenvalue weighted by atomic mass is 16.5. The van der Waals surface area contributed by atoms with Crippen LogP contribution >= 0.6 is 0 Å². The Morgan fingerprint density at radius 1 is 0.943 bits per heavy atom. The summed E-state index contributed by atoms with van der Waals surface area (Å²) in [6.07, 6.45) is 0.434. The van der Waals surface area contributed by atoms with Crippen LogP contribution in [-0.2, 0) is 21.5 Å². The number of anilines is 1. The Hall–Kier alpha value is -3.12. The maximum atomic E-state index is 13.0. The monoisotopic (exact) mass is 477 g/mol. The highest BCUT2D eigenvalue weighted by Crippen LogP contribution is 2.27. The Labute approximate surface area is 209 Å². The fraction of sp³-hybridized carbons (Fsp3) is 0.448. The van der Waals surface area contributed by atoms with Crippen molar-refractivity contribution in [3.05, 3.63) is 65.4 Å². The van der Waals surface area contributed by atoms with Crippen LogP contribution in [0.3, 0.4) is 0 Å². The van der Waals surface area contributed by atoms with E-state index in [4.69, 9.17) is 4.74 Å². The van der Waals surface area contributed by atoms with Gasteiger partial charge in [0.1, 0.15) is 5.69 Å². The van der Waals surface area contributed by atoms with Crippen molar-refractivity contribution in [2.24, 2.45) is 5.41 Å². The third kappa shape index (κ3) is 7.18. The molecule has 6 nitrogen and oxygen atoms in total. The number of nitrogens with zero attached hydrogens (tertiary/aromatic N) is 1. The quantitative estimate of drug-likeness (QED) is 0.407. The van der Waals surface area contributed by atoms with E-state index in [1.807, 2.05) is 49.6 Å². The second-order valence-electron chi connectivity index (χ2n) is 11.4. The first-order valence-electron chi connectivity index (χ1n) is 12.2. The maximum Gasteiger partial charge on any atom is 0.268 e. The van der Waals surface area contributed by atoms with Gasteiger partial charge in [-0.15, -0.1) is 0 Å². The number of amides is 2. The van der Waals surface area contributed by atoms with Crippen molar-refractivity contribution in [1.29, 1.82) is 0 Å². The van der Waals surface area contributed by atoms with Gasteiger partial charge in [-0.25, -0.2) is 0 Å². The van der Waals surface area contributed by atoms with Gasteiger partial charge in [-0.05, 0) is 46.2 Å². The number of rotatable bonds is 8. The number of hydrogen-bond donors (Lipinski definition) is 2. The molecule has 0 aliphatic rings. The molecule has 0 bridgehead atoms. The lowest BCUT2D eigenvalue weighted by Gasteiger charge is -2.19. The molecule has 1 aromatic heterocycles. The molecule has 1 heterocycles. The number of methoxy groups -OCH3 is 1.